The maximum Gasteiger partial charge on any atom is 0.272 e. The standard InChI is InChI=1S/C15H22N4O3S/c1-4-15(16,5-2)10-17-13(20)12-11-8-6-7-9-19(11)14(18-12)23(3,21)22/h6-9H,4-5,10,16H2,1-3H3,(H,17,20). The summed E-state index contributed by atoms with van der Waals surface area (Å²) in [5.74, 6) is -0.430. The van der Waals surface area contributed by atoms with Crippen molar-refractivity contribution in [1.29, 1.82) is 0 Å². The van der Waals surface area contributed by atoms with E-state index in [4.69, 9.17) is 5.73 Å². The van der Waals surface area contributed by atoms with Gasteiger partial charge < -0.3 is 11.1 Å². The molecule has 2 rings (SSSR count). The number of nitrogens with one attached hydrogen (secondary N) is 1. The molecule has 8 heteroatoms. The van der Waals surface area contributed by atoms with Gasteiger partial charge in [0.25, 0.3) is 5.91 Å². The van der Waals surface area contributed by atoms with Gasteiger partial charge in [-0.25, -0.2) is 13.4 Å². The first-order chi connectivity index (χ1) is 10.7. The number of nitrogens with zero attached hydrogens (tertiary/aromatic N) is 2. The van der Waals surface area contributed by atoms with Gasteiger partial charge in [0.1, 0.15) is 0 Å². The summed E-state index contributed by atoms with van der Waals surface area (Å²) < 4.78 is 25.1. The van der Waals surface area contributed by atoms with E-state index in [-0.39, 0.29) is 10.9 Å². The predicted molar refractivity (Wildman–Crippen MR) is 88.1 cm³/mol. The molecule has 0 aliphatic heterocycles. The van der Waals surface area contributed by atoms with Crippen molar-refractivity contribution in [2.24, 2.45) is 5.73 Å². The second kappa shape index (κ2) is 6.29. The van der Waals surface area contributed by atoms with Gasteiger partial charge in [-0.2, -0.15) is 0 Å². The number of fused-ring (bicyclic) bond motifs is 1. The zero-order chi connectivity index (χ0) is 17.3. The van der Waals surface area contributed by atoms with E-state index < -0.39 is 21.3 Å². The molecule has 0 aromatic carbocycles. The number of nitrogens with two attached hydrogens (primary N) is 1. The zero-order valence-corrected chi connectivity index (χ0v) is 14.4. The molecule has 0 aliphatic carbocycles. The van der Waals surface area contributed by atoms with Gasteiger partial charge in [0, 0.05) is 24.5 Å². The second-order valence-electron chi connectivity index (χ2n) is 5.72. The Morgan fingerprint density at radius 3 is 2.57 bits per heavy atom. The molecule has 23 heavy (non-hydrogen) atoms. The molecule has 0 spiro atoms. The fraction of sp³-hybridized carbons (Fsp3) is 0.467. The lowest BCUT2D eigenvalue weighted by molar-refractivity contribution is 0.0939. The summed E-state index contributed by atoms with van der Waals surface area (Å²) in [4.78, 5) is 16.5. The third-order valence-corrected chi connectivity index (χ3v) is 5.02. The van der Waals surface area contributed by atoms with Gasteiger partial charge in [-0.3, -0.25) is 9.20 Å². The predicted octanol–water partition coefficient (Wildman–Crippen LogP) is 0.985. The number of carbonyl (C=O) groups excluding carboxylic acids is 1. The molecule has 0 unspecified atom stereocenters. The Balaban J connectivity index is 2.39. The first-order valence-corrected chi connectivity index (χ1v) is 9.35. The van der Waals surface area contributed by atoms with Crippen molar-refractivity contribution in [1.82, 2.24) is 14.7 Å². The van der Waals surface area contributed by atoms with E-state index in [0.29, 0.717) is 12.1 Å². The Hall–Kier alpha value is -1.93. The fourth-order valence-electron chi connectivity index (χ4n) is 2.28. The monoisotopic (exact) mass is 338 g/mol. The fourth-order valence-corrected chi connectivity index (χ4v) is 3.05. The van der Waals surface area contributed by atoms with Crippen LogP contribution in [0.4, 0.5) is 0 Å². The number of carbonyl (C=O) groups is 1. The SMILES string of the molecule is CCC(N)(CC)CNC(=O)c1nc(S(C)(=O)=O)n2ccccc12. The Kier molecular flexibility index (Phi) is 4.76. The van der Waals surface area contributed by atoms with Gasteiger partial charge in [-0.15, -0.1) is 0 Å². The molecule has 3 N–H and O–H groups in total. The van der Waals surface area contributed by atoms with Crippen molar-refractivity contribution in [3.63, 3.8) is 0 Å². The normalized spacial score (nSPS) is 12.5. The maximum absolute atomic E-state index is 12.4. The Morgan fingerprint density at radius 2 is 2.00 bits per heavy atom. The summed E-state index contributed by atoms with van der Waals surface area (Å²) in [5, 5.41) is 2.61. The largest absolute Gasteiger partial charge is 0.349 e. The van der Waals surface area contributed by atoms with Crippen molar-refractivity contribution in [2.45, 2.75) is 37.4 Å². The Labute approximate surface area is 135 Å². The van der Waals surface area contributed by atoms with Gasteiger partial charge in [0.15, 0.2) is 5.69 Å². The number of sulfone groups is 1. The number of amides is 1. The lowest BCUT2D eigenvalue weighted by Crippen LogP contribution is -2.49. The highest BCUT2D eigenvalue weighted by atomic mass is 32.2. The molecular weight excluding hydrogens is 316 g/mol. The molecule has 0 aliphatic rings. The average molecular weight is 338 g/mol. The highest BCUT2D eigenvalue weighted by molar-refractivity contribution is 7.90. The summed E-state index contributed by atoms with van der Waals surface area (Å²) in [7, 11) is -3.55. The van der Waals surface area contributed by atoms with Crippen LogP contribution in [-0.2, 0) is 9.84 Å². The topological polar surface area (TPSA) is 107 Å². The first-order valence-electron chi connectivity index (χ1n) is 7.46. The lowest BCUT2D eigenvalue weighted by atomic mass is 9.94. The molecule has 0 fully saturated rings. The molecule has 2 heterocycles. The summed E-state index contributed by atoms with van der Waals surface area (Å²) in [6.45, 7) is 4.23. The molecule has 0 bridgehead atoms. The summed E-state index contributed by atoms with van der Waals surface area (Å²) >= 11 is 0. The smallest absolute Gasteiger partial charge is 0.272 e. The second-order valence-corrected chi connectivity index (χ2v) is 7.63. The molecule has 0 atom stereocenters. The minimum atomic E-state index is -3.55. The number of rotatable bonds is 6. The summed E-state index contributed by atoms with van der Waals surface area (Å²) in [5.41, 5.74) is 6.22. The highest BCUT2D eigenvalue weighted by Crippen LogP contribution is 2.17. The van der Waals surface area contributed by atoms with E-state index in [0.717, 1.165) is 19.1 Å². The van der Waals surface area contributed by atoms with Crippen LogP contribution >= 0.6 is 0 Å². The molecule has 126 valence electrons. The van der Waals surface area contributed by atoms with Crippen molar-refractivity contribution in [2.75, 3.05) is 12.8 Å². The van der Waals surface area contributed by atoms with Crippen molar-refractivity contribution in [3.8, 4) is 0 Å². The molecule has 0 radical (unpaired) electrons. The molecule has 1 amide bonds. The van der Waals surface area contributed by atoms with Gasteiger partial charge in [-0.05, 0) is 25.0 Å². The van der Waals surface area contributed by atoms with Crippen molar-refractivity contribution < 1.29 is 13.2 Å². The minimum absolute atomic E-state index is 0.0839. The average Bonchev–Trinajstić information content (AvgIpc) is 2.92. The van der Waals surface area contributed by atoms with Gasteiger partial charge in [0.05, 0.1) is 5.52 Å². The van der Waals surface area contributed by atoms with E-state index in [1.165, 1.54) is 4.40 Å². The quantitative estimate of drug-likeness (QED) is 0.817. The number of imidazole rings is 1. The van der Waals surface area contributed by atoms with Crippen molar-refractivity contribution in [3.05, 3.63) is 30.1 Å². The van der Waals surface area contributed by atoms with Gasteiger partial charge in [0.2, 0.25) is 15.0 Å². The number of hydrogen-bond acceptors (Lipinski definition) is 5. The summed E-state index contributed by atoms with van der Waals surface area (Å²) in [6.07, 6.45) is 4.08. The molecule has 2 aromatic heterocycles. The first kappa shape index (κ1) is 17.4. The van der Waals surface area contributed by atoms with Crippen LogP contribution < -0.4 is 11.1 Å². The van der Waals surface area contributed by atoms with Crippen LogP contribution in [0.3, 0.4) is 0 Å². The van der Waals surface area contributed by atoms with Crippen LogP contribution in [0.25, 0.3) is 5.52 Å². The molecule has 2 aromatic rings. The molecule has 0 saturated heterocycles. The minimum Gasteiger partial charge on any atom is -0.349 e. The van der Waals surface area contributed by atoms with Gasteiger partial charge >= 0.3 is 0 Å². The number of hydrogen-bond donors (Lipinski definition) is 2. The van der Waals surface area contributed by atoms with Crippen LogP contribution in [0, 0.1) is 0 Å². The Bertz CT molecular complexity index is 822. The number of aromatic nitrogens is 2. The van der Waals surface area contributed by atoms with Crippen LogP contribution in [0.15, 0.2) is 29.6 Å². The summed E-state index contributed by atoms with van der Waals surface area (Å²) in [6, 6.07) is 5.07. The van der Waals surface area contributed by atoms with Crippen LogP contribution in [0.2, 0.25) is 0 Å². The lowest BCUT2D eigenvalue weighted by Gasteiger charge is -2.26. The van der Waals surface area contributed by atoms with E-state index in [1.807, 2.05) is 13.8 Å². The van der Waals surface area contributed by atoms with Gasteiger partial charge in [-0.1, -0.05) is 19.9 Å². The third kappa shape index (κ3) is 3.53. The molecular formula is C15H22N4O3S. The van der Waals surface area contributed by atoms with Crippen LogP contribution in [-0.4, -0.2) is 42.0 Å². The van der Waals surface area contributed by atoms with Crippen molar-refractivity contribution >= 4 is 21.3 Å². The molecule has 0 saturated carbocycles. The highest BCUT2D eigenvalue weighted by Gasteiger charge is 2.25. The van der Waals surface area contributed by atoms with E-state index >= 15 is 0 Å². The third-order valence-electron chi connectivity index (χ3n) is 4.07. The van der Waals surface area contributed by atoms with E-state index in [1.54, 1.807) is 24.4 Å². The zero-order valence-electron chi connectivity index (χ0n) is 13.5. The molecule has 7 nitrogen and oxygen atoms in total. The maximum atomic E-state index is 12.4. The van der Waals surface area contributed by atoms with Crippen LogP contribution in [0.1, 0.15) is 37.2 Å². The Morgan fingerprint density at radius 1 is 1.35 bits per heavy atom. The van der Waals surface area contributed by atoms with Crippen LogP contribution in [0.5, 0.6) is 0 Å². The van der Waals surface area contributed by atoms with E-state index in [2.05, 4.69) is 10.3 Å². The number of pyridine rings is 1. The van der Waals surface area contributed by atoms with E-state index in [9.17, 15) is 13.2 Å².